The molecule has 0 saturated carbocycles. The number of carbonyl (C=O) groups excluding carboxylic acids is 2. The highest BCUT2D eigenvalue weighted by Crippen LogP contribution is 2.26. The standard InChI is InChI=1S/C21H32N2O2/c1-2-9-19-16-22(20(24)17-10-5-3-6-11-17)14-15-23(19)21(25)18-12-7-4-8-13-18/h3-5,7,17-19H,2,6,8-16H2,1H3/t17-,18+,19+/m0/s1. The molecular weight excluding hydrogens is 312 g/mol. The number of carbonyl (C=O) groups is 2. The zero-order valence-electron chi connectivity index (χ0n) is 15.5. The van der Waals surface area contributed by atoms with E-state index in [1.54, 1.807) is 0 Å². The lowest BCUT2D eigenvalue weighted by molar-refractivity contribution is -0.148. The Morgan fingerprint density at radius 3 is 2.12 bits per heavy atom. The van der Waals surface area contributed by atoms with E-state index >= 15 is 0 Å². The predicted octanol–water partition coefficient (Wildman–Crippen LogP) is 3.54. The Labute approximate surface area is 151 Å². The normalized spacial score (nSPS) is 29.7. The first-order valence-electron chi connectivity index (χ1n) is 10.1. The van der Waals surface area contributed by atoms with E-state index in [9.17, 15) is 9.59 Å². The van der Waals surface area contributed by atoms with Crippen molar-refractivity contribution in [3.63, 3.8) is 0 Å². The van der Waals surface area contributed by atoms with Gasteiger partial charge in [0.05, 0.1) is 0 Å². The fourth-order valence-electron chi connectivity index (χ4n) is 4.45. The average Bonchev–Trinajstić information content (AvgIpc) is 2.68. The SMILES string of the molecule is CCC[C@@H]1CN(C(=O)[C@H]2CC=CCC2)CCN1C(=O)[C@@H]1CC=CCC1. The molecule has 3 aliphatic rings. The van der Waals surface area contributed by atoms with E-state index in [4.69, 9.17) is 0 Å². The van der Waals surface area contributed by atoms with Gasteiger partial charge in [0, 0.05) is 37.5 Å². The van der Waals surface area contributed by atoms with Crippen LogP contribution in [0.1, 0.15) is 58.3 Å². The number of amides is 2. The van der Waals surface area contributed by atoms with Gasteiger partial charge in [-0.1, -0.05) is 37.6 Å². The first kappa shape index (κ1) is 18.2. The second kappa shape index (κ2) is 8.68. The topological polar surface area (TPSA) is 40.6 Å². The molecule has 1 heterocycles. The van der Waals surface area contributed by atoms with E-state index in [2.05, 4.69) is 36.1 Å². The van der Waals surface area contributed by atoms with Gasteiger partial charge in [0.1, 0.15) is 0 Å². The third-order valence-electron chi connectivity index (χ3n) is 5.94. The molecule has 0 N–H and O–H groups in total. The second-order valence-corrected chi connectivity index (χ2v) is 7.72. The largest absolute Gasteiger partial charge is 0.339 e. The molecule has 3 rings (SSSR count). The molecular formula is C21H32N2O2. The van der Waals surface area contributed by atoms with Crippen molar-refractivity contribution in [1.82, 2.24) is 9.80 Å². The van der Waals surface area contributed by atoms with Crippen molar-refractivity contribution in [2.45, 2.75) is 64.3 Å². The van der Waals surface area contributed by atoms with Crippen LogP contribution in [-0.4, -0.2) is 47.3 Å². The highest BCUT2D eigenvalue weighted by Gasteiger charge is 2.36. The third-order valence-corrected chi connectivity index (χ3v) is 5.94. The molecule has 2 aliphatic carbocycles. The minimum atomic E-state index is 0.148. The zero-order valence-corrected chi connectivity index (χ0v) is 15.5. The Balaban J connectivity index is 1.63. The Kier molecular flexibility index (Phi) is 6.33. The fraction of sp³-hybridized carbons (Fsp3) is 0.714. The number of rotatable bonds is 4. The molecule has 0 unspecified atom stereocenters. The van der Waals surface area contributed by atoms with Crippen LogP contribution in [-0.2, 0) is 9.59 Å². The number of nitrogens with zero attached hydrogens (tertiary/aromatic N) is 2. The third kappa shape index (κ3) is 4.34. The van der Waals surface area contributed by atoms with Crippen LogP contribution in [0.15, 0.2) is 24.3 Å². The summed E-state index contributed by atoms with van der Waals surface area (Å²) in [5.41, 5.74) is 0. The Morgan fingerprint density at radius 1 is 0.920 bits per heavy atom. The molecule has 0 spiro atoms. The van der Waals surface area contributed by atoms with Crippen LogP contribution in [0.5, 0.6) is 0 Å². The first-order chi connectivity index (χ1) is 12.2. The highest BCUT2D eigenvalue weighted by molar-refractivity contribution is 5.81. The minimum Gasteiger partial charge on any atom is -0.339 e. The molecule has 0 bridgehead atoms. The van der Waals surface area contributed by atoms with Crippen LogP contribution >= 0.6 is 0 Å². The Morgan fingerprint density at radius 2 is 1.56 bits per heavy atom. The number of piperazine rings is 1. The maximum atomic E-state index is 13.0. The molecule has 25 heavy (non-hydrogen) atoms. The van der Waals surface area contributed by atoms with E-state index in [0.29, 0.717) is 24.9 Å². The average molecular weight is 344 g/mol. The van der Waals surface area contributed by atoms with Gasteiger partial charge in [-0.05, 0) is 44.9 Å². The van der Waals surface area contributed by atoms with Gasteiger partial charge in [0.15, 0.2) is 0 Å². The van der Waals surface area contributed by atoms with Crippen molar-refractivity contribution in [2.75, 3.05) is 19.6 Å². The summed E-state index contributed by atoms with van der Waals surface area (Å²) in [7, 11) is 0. The molecule has 0 radical (unpaired) electrons. The molecule has 0 aromatic heterocycles. The van der Waals surface area contributed by atoms with E-state index in [0.717, 1.165) is 57.9 Å². The maximum absolute atomic E-state index is 13.0. The lowest BCUT2D eigenvalue weighted by Gasteiger charge is -2.44. The maximum Gasteiger partial charge on any atom is 0.226 e. The minimum absolute atomic E-state index is 0.148. The van der Waals surface area contributed by atoms with Crippen LogP contribution in [0, 0.1) is 11.8 Å². The van der Waals surface area contributed by atoms with Gasteiger partial charge in [-0.25, -0.2) is 0 Å². The molecule has 4 heteroatoms. The van der Waals surface area contributed by atoms with Crippen LogP contribution in [0.25, 0.3) is 0 Å². The van der Waals surface area contributed by atoms with Gasteiger partial charge in [-0.15, -0.1) is 0 Å². The van der Waals surface area contributed by atoms with Crippen LogP contribution in [0.4, 0.5) is 0 Å². The Hall–Kier alpha value is -1.58. The van der Waals surface area contributed by atoms with Crippen molar-refractivity contribution in [3.05, 3.63) is 24.3 Å². The van der Waals surface area contributed by atoms with Crippen LogP contribution < -0.4 is 0 Å². The second-order valence-electron chi connectivity index (χ2n) is 7.72. The predicted molar refractivity (Wildman–Crippen MR) is 100.0 cm³/mol. The summed E-state index contributed by atoms with van der Waals surface area (Å²) >= 11 is 0. The Bertz CT molecular complexity index is 540. The monoisotopic (exact) mass is 344 g/mol. The van der Waals surface area contributed by atoms with Gasteiger partial charge in [0.25, 0.3) is 0 Å². The van der Waals surface area contributed by atoms with Gasteiger partial charge in [-0.3, -0.25) is 9.59 Å². The van der Waals surface area contributed by atoms with E-state index in [1.165, 1.54) is 0 Å². The summed E-state index contributed by atoms with van der Waals surface area (Å²) in [4.78, 5) is 30.0. The summed E-state index contributed by atoms with van der Waals surface area (Å²) in [6.07, 6.45) is 16.4. The summed E-state index contributed by atoms with van der Waals surface area (Å²) in [6.45, 7) is 4.30. The van der Waals surface area contributed by atoms with Crippen molar-refractivity contribution in [2.24, 2.45) is 11.8 Å². The molecule has 0 aromatic rings. The van der Waals surface area contributed by atoms with Crippen molar-refractivity contribution in [1.29, 1.82) is 0 Å². The molecule has 1 saturated heterocycles. The number of allylic oxidation sites excluding steroid dienone is 4. The number of hydrogen-bond donors (Lipinski definition) is 0. The summed E-state index contributed by atoms with van der Waals surface area (Å²) < 4.78 is 0. The fourth-order valence-corrected chi connectivity index (χ4v) is 4.45. The summed E-state index contributed by atoms with van der Waals surface area (Å²) in [6, 6.07) is 0.195. The molecule has 138 valence electrons. The van der Waals surface area contributed by atoms with Gasteiger partial charge in [0.2, 0.25) is 11.8 Å². The van der Waals surface area contributed by atoms with Crippen LogP contribution in [0.3, 0.4) is 0 Å². The summed E-state index contributed by atoms with van der Waals surface area (Å²) in [5, 5.41) is 0. The molecule has 3 atom stereocenters. The first-order valence-corrected chi connectivity index (χ1v) is 10.1. The van der Waals surface area contributed by atoms with Gasteiger partial charge < -0.3 is 9.80 Å². The smallest absolute Gasteiger partial charge is 0.226 e. The van der Waals surface area contributed by atoms with Gasteiger partial charge in [-0.2, -0.15) is 0 Å². The lowest BCUT2D eigenvalue weighted by atomic mass is 9.90. The van der Waals surface area contributed by atoms with E-state index < -0.39 is 0 Å². The summed E-state index contributed by atoms with van der Waals surface area (Å²) in [5.74, 6) is 0.918. The van der Waals surface area contributed by atoms with E-state index in [1.807, 2.05) is 4.90 Å². The molecule has 1 aliphatic heterocycles. The zero-order chi connectivity index (χ0) is 17.6. The molecule has 1 fully saturated rings. The van der Waals surface area contributed by atoms with Crippen molar-refractivity contribution < 1.29 is 9.59 Å². The molecule has 0 aromatic carbocycles. The quantitative estimate of drug-likeness (QED) is 0.732. The molecule has 4 nitrogen and oxygen atoms in total. The van der Waals surface area contributed by atoms with Gasteiger partial charge >= 0.3 is 0 Å². The van der Waals surface area contributed by atoms with Crippen LogP contribution in [0.2, 0.25) is 0 Å². The highest BCUT2D eigenvalue weighted by atomic mass is 16.2. The lowest BCUT2D eigenvalue weighted by Crippen LogP contribution is -2.58. The van der Waals surface area contributed by atoms with Crippen molar-refractivity contribution in [3.8, 4) is 0 Å². The van der Waals surface area contributed by atoms with Crippen molar-refractivity contribution >= 4 is 11.8 Å². The van der Waals surface area contributed by atoms with E-state index in [-0.39, 0.29) is 17.9 Å². The molecule has 2 amide bonds. The number of hydrogen-bond acceptors (Lipinski definition) is 2.